The molecule has 7 nitrogen and oxygen atoms in total. The molecule has 0 aliphatic carbocycles. The third-order valence-corrected chi connectivity index (χ3v) is 10.3. The maximum Gasteiger partial charge on any atom is 0.673 e. The molecule has 0 aliphatic heterocycles. The van der Waals surface area contributed by atoms with Crippen LogP contribution in [0.2, 0.25) is 0 Å². The molecule has 0 rings (SSSR count). The molecule has 0 heterocycles. The van der Waals surface area contributed by atoms with Gasteiger partial charge in [0, 0.05) is 39.6 Å². The molecule has 0 amide bonds. The first kappa shape index (κ1) is 33.2. The normalized spacial score (nSPS) is 12.5. The highest BCUT2D eigenvalue weighted by molar-refractivity contribution is 6.68. The zero-order valence-corrected chi connectivity index (χ0v) is 24.6. The number of rotatable bonds is 26. The van der Waals surface area contributed by atoms with Crippen molar-refractivity contribution >= 4 is 18.1 Å². The van der Waals surface area contributed by atoms with Gasteiger partial charge in [0.05, 0.1) is 0 Å². The van der Waals surface area contributed by atoms with Crippen LogP contribution in [0.15, 0.2) is 0 Å². The predicted molar refractivity (Wildman–Crippen MR) is 138 cm³/mol. The predicted octanol–water partition coefficient (Wildman–Crippen LogP) is 6.77. The molecule has 0 N–H and O–H groups in total. The van der Waals surface area contributed by atoms with Crippen molar-refractivity contribution in [3.63, 3.8) is 0 Å². The second-order valence-corrected chi connectivity index (χ2v) is 12.9. The van der Waals surface area contributed by atoms with Crippen molar-refractivity contribution in [2.24, 2.45) is 0 Å². The molecule has 0 fully saturated rings. The van der Waals surface area contributed by atoms with Crippen LogP contribution in [-0.2, 0) is 30.7 Å². The lowest BCUT2D eigenvalue weighted by molar-refractivity contribution is -0.0696. The summed E-state index contributed by atoms with van der Waals surface area (Å²) in [6.07, 6.45) is 11.6. The van der Waals surface area contributed by atoms with Gasteiger partial charge in [-0.1, -0.05) is 80.1 Å². The van der Waals surface area contributed by atoms with E-state index >= 15 is 0 Å². The molecule has 0 aromatic heterocycles. The van der Waals surface area contributed by atoms with Crippen molar-refractivity contribution in [3.05, 3.63) is 0 Å². The zero-order chi connectivity index (χ0) is 24.7. The lowest BCUT2D eigenvalue weighted by atomic mass is 10.4. The average Bonchev–Trinajstić information content (AvgIpc) is 2.80. The van der Waals surface area contributed by atoms with Crippen molar-refractivity contribution in [2.45, 2.75) is 119 Å². The molecule has 0 spiro atoms. The molecule has 0 radical (unpaired) electrons. The van der Waals surface area contributed by atoms with Gasteiger partial charge in [-0.15, -0.1) is 0 Å². The third kappa shape index (κ3) is 16.5. The Kier molecular flexibility index (Phi) is 22.7. The van der Waals surface area contributed by atoms with E-state index in [0.717, 1.165) is 77.0 Å². The summed E-state index contributed by atoms with van der Waals surface area (Å²) >= 11 is 0. The average molecular weight is 511 g/mol. The number of unbranched alkanes of at least 4 members (excludes halogenated alkanes) is 6. The van der Waals surface area contributed by atoms with E-state index < -0.39 is 18.1 Å². The molecule has 0 aromatic carbocycles. The highest BCUT2D eigenvalue weighted by atomic mass is 28.5. The first-order valence-corrected chi connectivity index (χ1v) is 16.9. The first-order chi connectivity index (χ1) is 16.1. The van der Waals surface area contributed by atoms with Crippen molar-refractivity contribution in [1.82, 2.24) is 0 Å². The lowest BCUT2D eigenvalue weighted by Crippen LogP contribution is -2.62. The van der Waals surface area contributed by atoms with Crippen LogP contribution in [0.25, 0.3) is 0 Å². The van der Waals surface area contributed by atoms with Gasteiger partial charge in [-0.2, -0.15) is 0 Å². The second kappa shape index (κ2) is 22.6. The van der Waals surface area contributed by atoms with Gasteiger partial charge in [-0.05, 0) is 38.5 Å². The monoisotopic (exact) mass is 510 g/mol. The summed E-state index contributed by atoms with van der Waals surface area (Å²) in [6.45, 7) is 15.9. The highest BCUT2D eigenvalue weighted by Crippen LogP contribution is 2.25. The summed E-state index contributed by atoms with van der Waals surface area (Å²) in [5, 5.41) is 0. The van der Waals surface area contributed by atoms with Crippen molar-refractivity contribution in [3.8, 4) is 0 Å². The summed E-state index contributed by atoms with van der Waals surface area (Å²) in [5.41, 5.74) is 0. The third-order valence-electron chi connectivity index (χ3n) is 4.91. The Hall–Kier alpha value is 0.154. The van der Waals surface area contributed by atoms with Crippen LogP contribution in [0.5, 0.6) is 0 Å². The van der Waals surface area contributed by atoms with E-state index in [1.54, 1.807) is 0 Å². The fourth-order valence-corrected chi connectivity index (χ4v) is 8.13. The molecule has 0 bridgehead atoms. The van der Waals surface area contributed by atoms with Gasteiger partial charge in [-0.25, -0.2) is 0 Å². The quantitative estimate of drug-likeness (QED) is 0.0939. The maximum atomic E-state index is 6.65. The van der Waals surface area contributed by atoms with Crippen molar-refractivity contribution in [2.75, 3.05) is 39.6 Å². The molecule has 33 heavy (non-hydrogen) atoms. The van der Waals surface area contributed by atoms with Crippen LogP contribution in [0.4, 0.5) is 0 Å². The van der Waals surface area contributed by atoms with E-state index in [1.807, 2.05) is 0 Å². The summed E-state index contributed by atoms with van der Waals surface area (Å²) in [6, 6.07) is 0. The topological polar surface area (TPSA) is 64.6 Å². The molecule has 0 saturated carbocycles. The van der Waals surface area contributed by atoms with E-state index in [2.05, 4.69) is 41.5 Å². The second-order valence-electron chi connectivity index (χ2n) is 8.31. The van der Waals surface area contributed by atoms with Gasteiger partial charge in [-0.3, -0.25) is 0 Å². The van der Waals surface area contributed by atoms with Gasteiger partial charge in [0.15, 0.2) is 0 Å². The molecule has 0 unspecified atom stereocenters. The van der Waals surface area contributed by atoms with Crippen LogP contribution in [0.3, 0.4) is 0 Å². The van der Waals surface area contributed by atoms with Gasteiger partial charge >= 0.3 is 18.1 Å². The van der Waals surface area contributed by atoms with Crippen molar-refractivity contribution < 1.29 is 30.7 Å². The van der Waals surface area contributed by atoms with E-state index in [9.17, 15) is 0 Å². The minimum absolute atomic E-state index is 0.518. The minimum Gasteiger partial charge on any atom is -0.352 e. The van der Waals surface area contributed by atoms with Crippen LogP contribution in [-0.4, -0.2) is 57.7 Å². The number of hydrogen-bond donors (Lipinski definition) is 0. The molecule has 0 atom stereocenters. The van der Waals surface area contributed by atoms with E-state index in [0.29, 0.717) is 39.6 Å². The zero-order valence-electron chi connectivity index (χ0n) is 22.6. The minimum atomic E-state index is -3.54. The lowest BCUT2D eigenvalue weighted by Gasteiger charge is -2.36. The van der Waals surface area contributed by atoms with Crippen LogP contribution < -0.4 is 0 Å². The summed E-state index contributed by atoms with van der Waals surface area (Å²) in [7, 11) is -7.07. The molecule has 0 aromatic rings. The fourth-order valence-electron chi connectivity index (χ4n) is 2.63. The Morgan fingerprint density at radius 1 is 0.333 bits per heavy atom. The van der Waals surface area contributed by atoms with Gasteiger partial charge < -0.3 is 30.7 Å². The highest BCUT2D eigenvalue weighted by Gasteiger charge is 2.59. The summed E-state index contributed by atoms with van der Waals surface area (Å²) in [5.74, 6) is 0. The fraction of sp³-hybridized carbons (Fsp3) is 1.00. The Morgan fingerprint density at radius 3 is 0.667 bits per heavy atom. The summed E-state index contributed by atoms with van der Waals surface area (Å²) in [4.78, 5) is 0. The van der Waals surface area contributed by atoms with Gasteiger partial charge in [0.25, 0.3) is 0 Å². The SMILES string of the molecule is CCCCO[Si](OCCCC)(OCCCC)O[Si](OCCCC)(OCCCC)OCCCC. The van der Waals surface area contributed by atoms with Crippen LogP contribution in [0, 0.1) is 0 Å². The standard InChI is InChI=1S/C24H54O7Si2/c1-7-13-19-25-32(26-20-14-8-2,27-21-15-9-3)31-33(28-22-16-10-4,29-23-17-11-5)30-24-18-12-6/h7-24H2,1-6H3. The van der Waals surface area contributed by atoms with E-state index in [4.69, 9.17) is 30.7 Å². The Morgan fingerprint density at radius 2 is 0.515 bits per heavy atom. The van der Waals surface area contributed by atoms with E-state index in [1.165, 1.54) is 0 Å². The molecule has 0 saturated heterocycles. The largest absolute Gasteiger partial charge is 0.673 e. The number of hydrogen-bond acceptors (Lipinski definition) is 7. The molecule has 0 aliphatic rings. The van der Waals surface area contributed by atoms with E-state index in [-0.39, 0.29) is 0 Å². The maximum absolute atomic E-state index is 6.65. The molecule has 200 valence electrons. The van der Waals surface area contributed by atoms with Gasteiger partial charge in [0.2, 0.25) is 0 Å². The van der Waals surface area contributed by atoms with Crippen LogP contribution in [0.1, 0.15) is 119 Å². The van der Waals surface area contributed by atoms with Gasteiger partial charge in [0.1, 0.15) is 0 Å². The smallest absolute Gasteiger partial charge is 0.352 e. The Bertz CT molecular complexity index is 327. The molecular weight excluding hydrogens is 456 g/mol. The van der Waals surface area contributed by atoms with Crippen LogP contribution >= 0.6 is 0 Å². The Balaban J connectivity index is 5.91. The molecular formula is C24H54O7Si2. The molecule has 9 heteroatoms. The Labute approximate surface area is 207 Å². The summed E-state index contributed by atoms with van der Waals surface area (Å²) < 4.78 is 44.5. The van der Waals surface area contributed by atoms with Crippen molar-refractivity contribution in [1.29, 1.82) is 0 Å². The first-order valence-electron chi connectivity index (χ1n) is 13.6.